The Morgan fingerprint density at radius 3 is 2.45 bits per heavy atom. The van der Waals surface area contributed by atoms with E-state index in [1.165, 1.54) is 0 Å². The van der Waals surface area contributed by atoms with Crippen molar-refractivity contribution in [2.24, 2.45) is 0 Å². The summed E-state index contributed by atoms with van der Waals surface area (Å²) in [7, 11) is 0. The summed E-state index contributed by atoms with van der Waals surface area (Å²) in [6.07, 6.45) is -8.38. The zero-order valence-electron chi connectivity index (χ0n) is 15.2. The minimum absolute atomic E-state index is 0.00101. The maximum absolute atomic E-state index is 12.2. The summed E-state index contributed by atoms with van der Waals surface area (Å²) in [6, 6.07) is 12.0. The molecule has 0 radical (unpaired) electrons. The van der Waals surface area contributed by atoms with E-state index < -0.39 is 30.4 Å². The molecule has 0 heterocycles. The summed E-state index contributed by atoms with van der Waals surface area (Å²) in [5, 5.41) is 22.7. The van der Waals surface area contributed by atoms with Gasteiger partial charge in [0.25, 0.3) is 0 Å². The first-order valence-electron chi connectivity index (χ1n) is 8.61. The van der Waals surface area contributed by atoms with E-state index in [9.17, 15) is 28.2 Å². The summed E-state index contributed by atoms with van der Waals surface area (Å²) in [5.41, 5.74) is 6.32. The molecule has 0 spiro atoms. The van der Waals surface area contributed by atoms with Gasteiger partial charge in [-0.3, -0.25) is 0 Å². The van der Waals surface area contributed by atoms with Gasteiger partial charge in [0.2, 0.25) is 0 Å². The first-order chi connectivity index (χ1) is 13.7. The van der Waals surface area contributed by atoms with Crippen LogP contribution in [0.5, 0.6) is 5.75 Å². The number of nitrogen functional groups attached to an aromatic ring is 1. The lowest BCUT2D eigenvalue weighted by atomic mass is 10.0. The molecule has 0 saturated heterocycles. The largest absolute Gasteiger partial charge is 0.573 e. The second-order valence-corrected chi connectivity index (χ2v) is 6.13. The highest BCUT2D eigenvalue weighted by molar-refractivity contribution is 5.67. The lowest BCUT2D eigenvalue weighted by Gasteiger charge is -2.20. The topological polar surface area (TPSA) is 114 Å². The Hall–Kier alpha value is -2.98. The van der Waals surface area contributed by atoms with Crippen LogP contribution in [0.1, 0.15) is 23.7 Å². The molecule has 2 aromatic rings. The molecule has 2 unspecified atom stereocenters. The van der Waals surface area contributed by atoms with Gasteiger partial charge in [-0.1, -0.05) is 36.4 Å². The average Bonchev–Trinajstić information content (AvgIpc) is 2.65. The molecule has 7 nitrogen and oxygen atoms in total. The Labute approximate surface area is 164 Å². The molecule has 0 bridgehead atoms. The van der Waals surface area contributed by atoms with Crippen molar-refractivity contribution in [3.05, 3.63) is 59.7 Å². The van der Waals surface area contributed by atoms with Crippen molar-refractivity contribution in [1.29, 1.82) is 0 Å². The number of nitrogens with one attached hydrogen (secondary N) is 1. The fourth-order valence-corrected chi connectivity index (χ4v) is 2.48. The van der Waals surface area contributed by atoms with Crippen molar-refractivity contribution in [2.45, 2.75) is 31.6 Å². The van der Waals surface area contributed by atoms with Crippen molar-refractivity contribution in [2.75, 3.05) is 12.3 Å². The molecule has 0 saturated carbocycles. The van der Waals surface area contributed by atoms with Crippen LogP contribution in [0.2, 0.25) is 0 Å². The van der Waals surface area contributed by atoms with Crippen LogP contribution in [0.15, 0.2) is 48.5 Å². The SMILES string of the molecule is Nc1cc(OC(F)(F)F)ccc1C(O)C(O)CCNC(=O)OCc1ccccc1. The van der Waals surface area contributed by atoms with E-state index >= 15 is 0 Å². The molecule has 0 aromatic heterocycles. The maximum Gasteiger partial charge on any atom is 0.573 e. The fraction of sp³-hybridized carbons (Fsp3) is 0.316. The maximum atomic E-state index is 12.2. The van der Waals surface area contributed by atoms with Crippen molar-refractivity contribution in [3.63, 3.8) is 0 Å². The van der Waals surface area contributed by atoms with Gasteiger partial charge in [-0.25, -0.2) is 4.79 Å². The molecular weight excluding hydrogens is 393 g/mol. The number of carbonyl (C=O) groups is 1. The number of carbonyl (C=O) groups excluding carboxylic acids is 1. The van der Waals surface area contributed by atoms with Gasteiger partial charge in [0, 0.05) is 23.9 Å². The minimum atomic E-state index is -4.87. The highest BCUT2D eigenvalue weighted by Crippen LogP contribution is 2.30. The molecular formula is C19H21F3N2O5. The van der Waals surface area contributed by atoms with Crippen molar-refractivity contribution in [3.8, 4) is 5.75 Å². The molecule has 1 amide bonds. The number of rotatable bonds is 8. The molecule has 2 atom stereocenters. The molecule has 158 valence electrons. The number of alkyl halides is 3. The zero-order chi connectivity index (χ0) is 21.4. The number of halogens is 3. The van der Waals surface area contributed by atoms with E-state index in [-0.39, 0.29) is 30.8 Å². The molecule has 2 aromatic carbocycles. The van der Waals surface area contributed by atoms with E-state index in [1.54, 1.807) is 12.1 Å². The van der Waals surface area contributed by atoms with Crippen LogP contribution >= 0.6 is 0 Å². The number of anilines is 1. The molecule has 0 aliphatic rings. The van der Waals surface area contributed by atoms with Crippen molar-refractivity contribution >= 4 is 11.8 Å². The Kier molecular flexibility index (Phi) is 7.68. The third kappa shape index (κ3) is 7.51. The Balaban J connectivity index is 1.79. The van der Waals surface area contributed by atoms with Gasteiger partial charge < -0.3 is 30.7 Å². The third-order valence-corrected chi connectivity index (χ3v) is 3.90. The predicted molar refractivity (Wildman–Crippen MR) is 97.8 cm³/mol. The number of ether oxygens (including phenoxy) is 2. The first kappa shape index (κ1) is 22.3. The van der Waals surface area contributed by atoms with Crippen molar-refractivity contribution in [1.82, 2.24) is 5.32 Å². The van der Waals surface area contributed by atoms with Gasteiger partial charge in [-0.15, -0.1) is 13.2 Å². The van der Waals surface area contributed by atoms with Gasteiger partial charge in [-0.2, -0.15) is 0 Å². The number of aliphatic hydroxyl groups is 2. The van der Waals surface area contributed by atoms with Crippen LogP contribution in [0.25, 0.3) is 0 Å². The summed E-state index contributed by atoms with van der Waals surface area (Å²) >= 11 is 0. The number of aliphatic hydroxyl groups excluding tert-OH is 2. The monoisotopic (exact) mass is 414 g/mol. The van der Waals surface area contributed by atoms with Crippen LogP contribution in [0.3, 0.4) is 0 Å². The Morgan fingerprint density at radius 1 is 1.14 bits per heavy atom. The summed E-state index contributed by atoms with van der Waals surface area (Å²) in [4.78, 5) is 11.6. The molecule has 0 fully saturated rings. The summed E-state index contributed by atoms with van der Waals surface area (Å²) in [5.74, 6) is -0.539. The van der Waals surface area contributed by atoms with Crippen LogP contribution in [0.4, 0.5) is 23.7 Å². The van der Waals surface area contributed by atoms with Gasteiger partial charge in [0.05, 0.1) is 6.10 Å². The van der Waals surface area contributed by atoms with Gasteiger partial charge in [-0.05, 0) is 18.1 Å². The lowest BCUT2D eigenvalue weighted by molar-refractivity contribution is -0.274. The van der Waals surface area contributed by atoms with Gasteiger partial charge >= 0.3 is 12.5 Å². The normalized spacial score (nSPS) is 13.4. The first-order valence-corrected chi connectivity index (χ1v) is 8.61. The summed E-state index contributed by atoms with van der Waals surface area (Å²) in [6.45, 7) is 0.0851. The van der Waals surface area contributed by atoms with Crippen LogP contribution in [-0.4, -0.2) is 35.3 Å². The molecule has 5 N–H and O–H groups in total. The van der Waals surface area contributed by atoms with E-state index in [0.717, 1.165) is 23.8 Å². The fourth-order valence-electron chi connectivity index (χ4n) is 2.48. The number of benzene rings is 2. The molecule has 29 heavy (non-hydrogen) atoms. The summed E-state index contributed by atoms with van der Waals surface area (Å²) < 4.78 is 45.4. The van der Waals surface area contributed by atoms with Crippen LogP contribution < -0.4 is 15.8 Å². The molecule has 0 aliphatic heterocycles. The van der Waals surface area contributed by atoms with Crippen LogP contribution in [-0.2, 0) is 11.3 Å². The number of nitrogens with two attached hydrogens (primary N) is 1. The average molecular weight is 414 g/mol. The molecule has 0 aliphatic carbocycles. The van der Waals surface area contributed by atoms with Gasteiger partial charge in [0.15, 0.2) is 0 Å². The van der Waals surface area contributed by atoms with Crippen molar-refractivity contribution < 1.29 is 37.7 Å². The van der Waals surface area contributed by atoms with Gasteiger partial charge in [0.1, 0.15) is 18.5 Å². The second-order valence-electron chi connectivity index (χ2n) is 6.13. The van der Waals surface area contributed by atoms with E-state index in [1.807, 2.05) is 18.2 Å². The van der Waals surface area contributed by atoms with E-state index in [2.05, 4.69) is 10.1 Å². The van der Waals surface area contributed by atoms with E-state index in [0.29, 0.717) is 0 Å². The zero-order valence-corrected chi connectivity index (χ0v) is 15.2. The number of hydrogen-bond donors (Lipinski definition) is 4. The Morgan fingerprint density at radius 2 is 1.83 bits per heavy atom. The minimum Gasteiger partial charge on any atom is -0.445 e. The quantitative estimate of drug-likeness (QED) is 0.494. The smallest absolute Gasteiger partial charge is 0.445 e. The predicted octanol–water partition coefficient (Wildman–Crippen LogP) is 2.88. The highest BCUT2D eigenvalue weighted by Gasteiger charge is 2.31. The second kappa shape index (κ2) is 9.99. The standard InChI is InChI=1S/C19H21F3N2O5/c20-19(21,22)29-13-6-7-14(15(23)10-13)17(26)16(25)8-9-24-18(27)28-11-12-4-2-1-3-5-12/h1-7,10,16-17,25-26H,8-9,11,23H2,(H,24,27). The third-order valence-electron chi connectivity index (χ3n) is 3.90. The Bertz CT molecular complexity index is 802. The number of alkyl carbamates (subject to hydrolysis) is 1. The molecule has 10 heteroatoms. The molecule has 2 rings (SSSR count). The lowest BCUT2D eigenvalue weighted by Crippen LogP contribution is -2.30. The highest BCUT2D eigenvalue weighted by atomic mass is 19.4. The van der Waals surface area contributed by atoms with Crippen LogP contribution in [0, 0.1) is 0 Å². The van der Waals surface area contributed by atoms with E-state index in [4.69, 9.17) is 10.5 Å². The number of amides is 1. The number of hydrogen-bond acceptors (Lipinski definition) is 6.